The molecule has 0 amide bonds. The monoisotopic (exact) mass is 389 g/mol. The molecule has 5 heteroatoms. The van der Waals surface area contributed by atoms with Gasteiger partial charge in [0.2, 0.25) is 5.95 Å². The zero-order chi connectivity index (χ0) is 19.8. The molecule has 4 nitrogen and oxygen atoms in total. The zero-order valence-electron chi connectivity index (χ0n) is 16.5. The van der Waals surface area contributed by atoms with Crippen molar-refractivity contribution in [2.45, 2.75) is 27.3 Å². The largest absolute Gasteiger partial charge is 0.351 e. The summed E-state index contributed by atoms with van der Waals surface area (Å²) in [5, 5.41) is 3.34. The van der Waals surface area contributed by atoms with Crippen molar-refractivity contribution in [1.29, 1.82) is 0 Å². The Morgan fingerprint density at radius 1 is 1.04 bits per heavy atom. The number of hydrogen-bond donors (Lipinski definition) is 1. The van der Waals surface area contributed by atoms with Crippen LogP contribution in [-0.4, -0.2) is 9.55 Å². The molecule has 0 saturated carbocycles. The number of anilines is 1. The maximum absolute atomic E-state index is 12.9. The summed E-state index contributed by atoms with van der Waals surface area (Å²) in [6.45, 7) is 6.91. The molecule has 0 unspecified atom stereocenters. The molecule has 2 aromatic heterocycles. The van der Waals surface area contributed by atoms with Crippen molar-refractivity contribution in [1.82, 2.24) is 9.55 Å². The van der Waals surface area contributed by atoms with Crippen LogP contribution in [0.1, 0.15) is 22.3 Å². The van der Waals surface area contributed by atoms with Crippen molar-refractivity contribution in [3.8, 4) is 10.4 Å². The highest BCUT2D eigenvalue weighted by atomic mass is 32.1. The second kappa shape index (κ2) is 7.24. The summed E-state index contributed by atoms with van der Waals surface area (Å²) in [6, 6.07) is 16.6. The number of rotatable bonds is 4. The Bertz CT molecular complexity index is 1240. The van der Waals surface area contributed by atoms with Gasteiger partial charge in [0.15, 0.2) is 0 Å². The average Bonchev–Trinajstić information content (AvgIpc) is 3.09. The molecule has 0 saturated heterocycles. The molecule has 0 radical (unpaired) electrons. The standard InChI is InChI=1S/C23H23N3OS/c1-14-9-10-17(16(3)11-14)13-24-23-25-19-12-20(18-8-6-5-7-15(18)2)28-21(19)22(27)26(23)4/h5-12H,13H2,1-4H3,(H,24,25). The Labute approximate surface area is 168 Å². The van der Waals surface area contributed by atoms with E-state index in [2.05, 4.69) is 56.4 Å². The van der Waals surface area contributed by atoms with Crippen molar-refractivity contribution < 1.29 is 0 Å². The molecule has 0 aliphatic carbocycles. The molecule has 2 aromatic carbocycles. The maximum atomic E-state index is 12.9. The SMILES string of the molecule is Cc1ccc(CNc2nc3cc(-c4ccccc4C)sc3c(=O)n2C)c(C)c1. The predicted octanol–water partition coefficient (Wildman–Crippen LogP) is 5.20. The number of benzene rings is 2. The molecule has 0 aliphatic heterocycles. The van der Waals surface area contributed by atoms with E-state index in [1.165, 1.54) is 33.6 Å². The van der Waals surface area contributed by atoms with Crippen LogP contribution in [0.2, 0.25) is 0 Å². The van der Waals surface area contributed by atoms with Crippen LogP contribution in [0.3, 0.4) is 0 Å². The minimum Gasteiger partial charge on any atom is -0.351 e. The van der Waals surface area contributed by atoms with Crippen LogP contribution in [-0.2, 0) is 13.6 Å². The lowest BCUT2D eigenvalue weighted by molar-refractivity contribution is 0.839. The molecule has 0 bridgehead atoms. The summed E-state index contributed by atoms with van der Waals surface area (Å²) >= 11 is 1.51. The van der Waals surface area contributed by atoms with E-state index < -0.39 is 0 Å². The third-order valence-corrected chi connectivity index (χ3v) is 6.25. The molecule has 142 valence electrons. The Hall–Kier alpha value is -2.92. The van der Waals surface area contributed by atoms with E-state index >= 15 is 0 Å². The van der Waals surface area contributed by atoms with Crippen LogP contribution in [0.25, 0.3) is 20.7 Å². The van der Waals surface area contributed by atoms with Crippen molar-refractivity contribution in [3.05, 3.63) is 81.1 Å². The lowest BCUT2D eigenvalue weighted by Gasteiger charge is -2.12. The lowest BCUT2D eigenvalue weighted by Crippen LogP contribution is -2.21. The van der Waals surface area contributed by atoms with Gasteiger partial charge >= 0.3 is 0 Å². The molecular weight excluding hydrogens is 366 g/mol. The number of nitrogens with zero attached hydrogens (tertiary/aromatic N) is 2. The minimum atomic E-state index is -0.0158. The first-order chi connectivity index (χ1) is 13.4. The molecule has 1 N–H and O–H groups in total. The van der Waals surface area contributed by atoms with Crippen LogP contribution in [0.4, 0.5) is 5.95 Å². The highest BCUT2D eigenvalue weighted by molar-refractivity contribution is 7.22. The van der Waals surface area contributed by atoms with Gasteiger partial charge in [0.1, 0.15) is 4.70 Å². The van der Waals surface area contributed by atoms with Gasteiger partial charge in [-0.05, 0) is 49.1 Å². The molecule has 0 aliphatic rings. The first-order valence-corrected chi connectivity index (χ1v) is 10.1. The fraction of sp³-hybridized carbons (Fsp3) is 0.217. The molecular formula is C23H23N3OS. The molecule has 4 aromatic rings. The van der Waals surface area contributed by atoms with E-state index in [1.54, 1.807) is 11.6 Å². The number of aromatic nitrogens is 2. The van der Waals surface area contributed by atoms with Gasteiger partial charge in [-0.2, -0.15) is 0 Å². The fourth-order valence-corrected chi connectivity index (χ4v) is 4.58. The Kier molecular flexibility index (Phi) is 4.77. The summed E-state index contributed by atoms with van der Waals surface area (Å²) < 4.78 is 2.29. The van der Waals surface area contributed by atoms with E-state index in [9.17, 15) is 4.79 Å². The third-order valence-electron chi connectivity index (χ3n) is 5.10. The van der Waals surface area contributed by atoms with Gasteiger partial charge in [-0.25, -0.2) is 4.98 Å². The van der Waals surface area contributed by atoms with Crippen LogP contribution < -0.4 is 10.9 Å². The Morgan fingerprint density at radius 3 is 2.57 bits per heavy atom. The van der Waals surface area contributed by atoms with Crippen LogP contribution in [0.15, 0.2) is 53.3 Å². The van der Waals surface area contributed by atoms with Crippen molar-refractivity contribution in [2.75, 3.05) is 5.32 Å². The fourth-order valence-electron chi connectivity index (χ4n) is 3.41. The van der Waals surface area contributed by atoms with Crippen molar-refractivity contribution in [2.24, 2.45) is 7.05 Å². The smallest absolute Gasteiger partial charge is 0.272 e. The number of thiophene rings is 1. The molecule has 0 fully saturated rings. The topological polar surface area (TPSA) is 46.9 Å². The zero-order valence-corrected chi connectivity index (χ0v) is 17.4. The lowest BCUT2D eigenvalue weighted by atomic mass is 10.1. The van der Waals surface area contributed by atoms with Gasteiger partial charge < -0.3 is 5.32 Å². The van der Waals surface area contributed by atoms with Gasteiger partial charge in [-0.15, -0.1) is 11.3 Å². The van der Waals surface area contributed by atoms with E-state index in [0.29, 0.717) is 17.2 Å². The van der Waals surface area contributed by atoms with E-state index in [1.807, 2.05) is 18.2 Å². The van der Waals surface area contributed by atoms with Gasteiger partial charge in [-0.3, -0.25) is 9.36 Å². The average molecular weight is 390 g/mol. The second-order valence-corrected chi connectivity index (χ2v) is 8.28. The minimum absolute atomic E-state index is 0.0158. The van der Waals surface area contributed by atoms with E-state index in [0.717, 1.165) is 16.0 Å². The Morgan fingerprint density at radius 2 is 1.82 bits per heavy atom. The molecule has 2 heterocycles. The highest BCUT2D eigenvalue weighted by Gasteiger charge is 2.14. The molecule has 0 spiro atoms. The van der Waals surface area contributed by atoms with Crippen LogP contribution in [0, 0.1) is 20.8 Å². The quantitative estimate of drug-likeness (QED) is 0.522. The van der Waals surface area contributed by atoms with Gasteiger partial charge in [0, 0.05) is 18.5 Å². The van der Waals surface area contributed by atoms with E-state index in [4.69, 9.17) is 4.98 Å². The maximum Gasteiger partial charge on any atom is 0.272 e. The first kappa shape index (κ1) is 18.4. The summed E-state index contributed by atoms with van der Waals surface area (Å²) in [7, 11) is 1.77. The third kappa shape index (κ3) is 3.34. The summed E-state index contributed by atoms with van der Waals surface area (Å²) in [5.74, 6) is 0.589. The van der Waals surface area contributed by atoms with Gasteiger partial charge in [0.05, 0.1) is 5.52 Å². The van der Waals surface area contributed by atoms with Crippen molar-refractivity contribution in [3.63, 3.8) is 0 Å². The summed E-state index contributed by atoms with van der Waals surface area (Å²) in [4.78, 5) is 18.7. The number of nitrogens with one attached hydrogen (secondary N) is 1. The van der Waals surface area contributed by atoms with E-state index in [-0.39, 0.29) is 5.56 Å². The van der Waals surface area contributed by atoms with Gasteiger partial charge in [-0.1, -0.05) is 48.0 Å². The van der Waals surface area contributed by atoms with Crippen molar-refractivity contribution >= 4 is 27.5 Å². The summed E-state index contributed by atoms with van der Waals surface area (Å²) in [5.41, 5.74) is 6.75. The summed E-state index contributed by atoms with van der Waals surface area (Å²) in [6.07, 6.45) is 0. The number of hydrogen-bond acceptors (Lipinski definition) is 4. The Balaban J connectivity index is 1.71. The van der Waals surface area contributed by atoms with Gasteiger partial charge in [0.25, 0.3) is 5.56 Å². The molecule has 4 rings (SSSR count). The predicted molar refractivity (Wildman–Crippen MR) is 118 cm³/mol. The number of fused-ring (bicyclic) bond motifs is 1. The normalized spacial score (nSPS) is 11.1. The van der Waals surface area contributed by atoms with Crippen LogP contribution in [0.5, 0.6) is 0 Å². The number of aryl methyl sites for hydroxylation is 3. The molecule has 28 heavy (non-hydrogen) atoms. The van der Waals surface area contributed by atoms with Crippen LogP contribution >= 0.6 is 11.3 Å². The second-order valence-electron chi connectivity index (χ2n) is 7.22. The molecule has 0 atom stereocenters. The first-order valence-electron chi connectivity index (χ1n) is 9.30. The highest BCUT2D eigenvalue weighted by Crippen LogP contribution is 2.33.